The van der Waals surface area contributed by atoms with E-state index in [2.05, 4.69) is 10.4 Å². The van der Waals surface area contributed by atoms with E-state index in [0.717, 1.165) is 5.56 Å². The van der Waals surface area contributed by atoms with Gasteiger partial charge in [0.2, 0.25) is 5.91 Å². The molecule has 1 aliphatic rings. The van der Waals surface area contributed by atoms with E-state index in [-0.39, 0.29) is 17.8 Å². The van der Waals surface area contributed by atoms with Gasteiger partial charge in [-0.25, -0.2) is 4.39 Å². The summed E-state index contributed by atoms with van der Waals surface area (Å²) in [5, 5.41) is 9.52. The molecule has 118 valence electrons. The zero-order valence-electron chi connectivity index (χ0n) is 12.5. The van der Waals surface area contributed by atoms with Crippen molar-refractivity contribution in [2.24, 2.45) is 5.10 Å². The number of rotatable bonds is 2. The molecule has 1 N–H and O–H groups in total. The van der Waals surface area contributed by atoms with Gasteiger partial charge in [0, 0.05) is 18.4 Å². The SMILES string of the molecule is CC(=O)NC1=NN(c2cccc(F)c2)C(c2ccc(Cl)cc2)C1. The van der Waals surface area contributed by atoms with Crippen LogP contribution in [0.4, 0.5) is 10.1 Å². The Hall–Kier alpha value is -2.40. The molecule has 23 heavy (non-hydrogen) atoms. The lowest BCUT2D eigenvalue weighted by molar-refractivity contribution is -0.117. The first-order chi connectivity index (χ1) is 11.0. The lowest BCUT2D eigenvalue weighted by Gasteiger charge is -2.23. The maximum atomic E-state index is 13.5. The first-order valence-corrected chi connectivity index (χ1v) is 7.56. The van der Waals surface area contributed by atoms with Crippen molar-refractivity contribution in [3.8, 4) is 0 Å². The number of hydrogen-bond donors (Lipinski definition) is 1. The van der Waals surface area contributed by atoms with Crippen LogP contribution in [0.25, 0.3) is 0 Å². The molecule has 4 nitrogen and oxygen atoms in total. The molecule has 2 aromatic carbocycles. The average molecular weight is 332 g/mol. The van der Waals surface area contributed by atoms with Crippen LogP contribution in [0.15, 0.2) is 53.6 Å². The maximum absolute atomic E-state index is 13.5. The number of anilines is 1. The summed E-state index contributed by atoms with van der Waals surface area (Å²) < 4.78 is 13.5. The molecule has 1 heterocycles. The summed E-state index contributed by atoms with van der Waals surface area (Å²) in [6, 6.07) is 13.5. The van der Waals surface area contributed by atoms with Crippen molar-refractivity contribution >= 4 is 29.0 Å². The van der Waals surface area contributed by atoms with Crippen molar-refractivity contribution in [2.75, 3.05) is 5.01 Å². The first kappa shape index (κ1) is 15.5. The molecule has 0 spiro atoms. The molecule has 1 aliphatic heterocycles. The monoisotopic (exact) mass is 331 g/mol. The van der Waals surface area contributed by atoms with E-state index in [1.807, 2.05) is 12.1 Å². The van der Waals surface area contributed by atoms with Crippen LogP contribution in [-0.2, 0) is 4.79 Å². The number of hydrazone groups is 1. The van der Waals surface area contributed by atoms with E-state index < -0.39 is 0 Å². The molecule has 3 rings (SSSR count). The second-order valence-corrected chi connectivity index (χ2v) is 5.76. The van der Waals surface area contributed by atoms with Crippen molar-refractivity contribution in [3.63, 3.8) is 0 Å². The Bertz CT molecular complexity index is 761. The number of halogens is 2. The largest absolute Gasteiger partial charge is 0.313 e. The maximum Gasteiger partial charge on any atom is 0.222 e. The standard InChI is InChI=1S/C17H15ClFN3O/c1-11(23)20-17-10-16(12-5-7-13(18)8-6-12)22(21-17)15-4-2-3-14(19)9-15/h2-9,16H,10H2,1H3,(H,20,21,23). The second kappa shape index (κ2) is 6.38. The molecule has 1 unspecified atom stereocenters. The van der Waals surface area contributed by atoms with Crippen molar-refractivity contribution in [1.29, 1.82) is 0 Å². The number of hydrogen-bond acceptors (Lipinski definition) is 3. The van der Waals surface area contributed by atoms with Gasteiger partial charge in [-0.05, 0) is 35.9 Å². The molecule has 0 aromatic heterocycles. The molecule has 0 radical (unpaired) electrons. The molecule has 2 aromatic rings. The Morgan fingerprint density at radius 3 is 2.70 bits per heavy atom. The van der Waals surface area contributed by atoms with Gasteiger partial charge in [0.25, 0.3) is 0 Å². The third kappa shape index (κ3) is 3.51. The Labute approximate surface area is 138 Å². The van der Waals surface area contributed by atoms with Crippen LogP contribution in [0.5, 0.6) is 0 Å². The fraction of sp³-hybridized carbons (Fsp3) is 0.176. The summed E-state index contributed by atoms with van der Waals surface area (Å²) >= 11 is 5.94. The summed E-state index contributed by atoms with van der Waals surface area (Å²) in [5.74, 6) is 0.0435. The highest BCUT2D eigenvalue weighted by molar-refractivity contribution is 6.30. The van der Waals surface area contributed by atoms with Gasteiger partial charge in [0.15, 0.2) is 0 Å². The van der Waals surface area contributed by atoms with Crippen LogP contribution < -0.4 is 10.3 Å². The molecule has 1 amide bonds. The van der Waals surface area contributed by atoms with Crippen molar-refractivity contribution in [1.82, 2.24) is 5.32 Å². The van der Waals surface area contributed by atoms with Gasteiger partial charge < -0.3 is 5.32 Å². The Balaban J connectivity index is 1.97. The van der Waals surface area contributed by atoms with Crippen LogP contribution in [0, 0.1) is 5.82 Å². The Morgan fingerprint density at radius 1 is 1.30 bits per heavy atom. The number of carbonyl (C=O) groups excluding carboxylic acids is 1. The van der Waals surface area contributed by atoms with E-state index in [1.165, 1.54) is 19.1 Å². The quantitative estimate of drug-likeness (QED) is 0.907. The molecule has 0 bridgehead atoms. The van der Waals surface area contributed by atoms with E-state index in [1.54, 1.807) is 29.3 Å². The first-order valence-electron chi connectivity index (χ1n) is 7.18. The van der Waals surface area contributed by atoms with Crippen LogP contribution in [0.3, 0.4) is 0 Å². The number of amidine groups is 1. The lowest BCUT2D eigenvalue weighted by atomic mass is 10.0. The van der Waals surface area contributed by atoms with E-state index in [4.69, 9.17) is 11.6 Å². The van der Waals surface area contributed by atoms with Gasteiger partial charge in [-0.1, -0.05) is 29.8 Å². The number of nitrogens with one attached hydrogen (secondary N) is 1. The minimum atomic E-state index is -0.333. The summed E-state index contributed by atoms with van der Waals surface area (Å²) in [4.78, 5) is 11.3. The highest BCUT2D eigenvalue weighted by Crippen LogP contribution is 2.35. The van der Waals surface area contributed by atoms with Gasteiger partial charge in [0.05, 0.1) is 11.7 Å². The molecule has 0 aliphatic carbocycles. The smallest absolute Gasteiger partial charge is 0.222 e. The Morgan fingerprint density at radius 2 is 2.04 bits per heavy atom. The van der Waals surface area contributed by atoms with E-state index in [9.17, 15) is 9.18 Å². The highest BCUT2D eigenvalue weighted by atomic mass is 35.5. The minimum absolute atomic E-state index is 0.129. The summed E-state index contributed by atoms with van der Waals surface area (Å²) in [5.41, 5.74) is 1.62. The third-order valence-corrected chi connectivity index (χ3v) is 3.81. The van der Waals surface area contributed by atoms with Crippen molar-refractivity contribution in [2.45, 2.75) is 19.4 Å². The summed E-state index contributed by atoms with van der Waals surface area (Å²) in [6.07, 6.45) is 0.526. The third-order valence-electron chi connectivity index (χ3n) is 3.56. The van der Waals surface area contributed by atoms with Gasteiger partial charge in [-0.2, -0.15) is 5.10 Å². The second-order valence-electron chi connectivity index (χ2n) is 5.32. The van der Waals surface area contributed by atoms with Gasteiger partial charge in [-0.15, -0.1) is 0 Å². The fourth-order valence-corrected chi connectivity index (χ4v) is 2.72. The van der Waals surface area contributed by atoms with Gasteiger partial charge >= 0.3 is 0 Å². The fourth-order valence-electron chi connectivity index (χ4n) is 2.59. The molecular formula is C17H15ClFN3O. The molecular weight excluding hydrogens is 317 g/mol. The molecule has 0 fully saturated rings. The summed E-state index contributed by atoms with van der Waals surface area (Å²) in [7, 11) is 0. The van der Waals surface area contributed by atoms with Crippen LogP contribution in [-0.4, -0.2) is 11.7 Å². The van der Waals surface area contributed by atoms with Crippen LogP contribution in [0.2, 0.25) is 5.02 Å². The predicted molar refractivity (Wildman–Crippen MR) is 88.9 cm³/mol. The van der Waals surface area contributed by atoms with Gasteiger partial charge in [-0.3, -0.25) is 9.80 Å². The molecule has 0 saturated carbocycles. The molecule has 6 heteroatoms. The van der Waals surface area contributed by atoms with E-state index >= 15 is 0 Å². The van der Waals surface area contributed by atoms with Crippen LogP contribution in [0.1, 0.15) is 24.9 Å². The number of benzene rings is 2. The normalized spacial score (nSPS) is 17.1. The average Bonchev–Trinajstić information content (AvgIpc) is 2.91. The predicted octanol–water partition coefficient (Wildman–Crippen LogP) is 3.88. The van der Waals surface area contributed by atoms with Crippen molar-refractivity contribution in [3.05, 3.63) is 64.9 Å². The number of carbonyl (C=O) groups is 1. The zero-order chi connectivity index (χ0) is 16.4. The lowest BCUT2D eigenvalue weighted by Crippen LogP contribution is -2.26. The Kier molecular flexibility index (Phi) is 4.30. The number of nitrogens with zero attached hydrogens (tertiary/aromatic N) is 2. The topological polar surface area (TPSA) is 44.7 Å². The molecule has 1 atom stereocenters. The minimum Gasteiger partial charge on any atom is -0.313 e. The zero-order valence-corrected chi connectivity index (χ0v) is 13.2. The van der Waals surface area contributed by atoms with E-state index in [0.29, 0.717) is 23.0 Å². The molecule has 0 saturated heterocycles. The summed E-state index contributed by atoms with van der Waals surface area (Å²) in [6.45, 7) is 1.44. The van der Waals surface area contributed by atoms with Crippen molar-refractivity contribution < 1.29 is 9.18 Å². The van der Waals surface area contributed by atoms with Crippen LogP contribution >= 0.6 is 11.6 Å². The van der Waals surface area contributed by atoms with Gasteiger partial charge in [0.1, 0.15) is 11.7 Å². The number of amides is 1. The highest BCUT2D eigenvalue weighted by Gasteiger charge is 2.29.